The van der Waals surface area contributed by atoms with Gasteiger partial charge in [0.2, 0.25) is 11.9 Å². The van der Waals surface area contributed by atoms with Crippen LogP contribution in [0.15, 0.2) is 18.5 Å². The number of nitrogens with zero attached hydrogens (tertiary/aromatic N) is 6. The first-order valence-electron chi connectivity index (χ1n) is 5.43. The highest BCUT2D eigenvalue weighted by molar-refractivity contribution is 5.36. The van der Waals surface area contributed by atoms with Crippen LogP contribution in [0.25, 0.3) is 5.95 Å². The molecule has 0 unspecified atom stereocenters. The summed E-state index contributed by atoms with van der Waals surface area (Å²) >= 11 is 0. The van der Waals surface area contributed by atoms with Crippen molar-refractivity contribution >= 4 is 11.9 Å². The lowest BCUT2D eigenvalue weighted by Crippen LogP contribution is -2.22. The number of nitrogen functional groups attached to an aromatic ring is 1. The molecule has 0 aromatic carbocycles. The van der Waals surface area contributed by atoms with Crippen LogP contribution in [0.1, 0.15) is 13.3 Å². The van der Waals surface area contributed by atoms with E-state index in [2.05, 4.69) is 27.0 Å². The van der Waals surface area contributed by atoms with Crippen LogP contribution in [-0.4, -0.2) is 38.3 Å². The minimum atomic E-state index is 0.198. The molecule has 2 aromatic rings. The Morgan fingerprint density at radius 2 is 2.18 bits per heavy atom. The average molecular weight is 233 g/mol. The Hall–Kier alpha value is -2.18. The summed E-state index contributed by atoms with van der Waals surface area (Å²) in [5.74, 6) is 1.19. The van der Waals surface area contributed by atoms with Gasteiger partial charge in [0.05, 0.1) is 0 Å². The lowest BCUT2D eigenvalue weighted by molar-refractivity contribution is 0.768. The van der Waals surface area contributed by atoms with Gasteiger partial charge in [0.1, 0.15) is 0 Å². The largest absolute Gasteiger partial charge is 0.368 e. The van der Waals surface area contributed by atoms with Crippen molar-refractivity contribution in [2.45, 2.75) is 13.3 Å². The second-order valence-corrected chi connectivity index (χ2v) is 3.67. The maximum atomic E-state index is 5.67. The molecule has 0 atom stereocenters. The van der Waals surface area contributed by atoms with Gasteiger partial charge in [-0.1, -0.05) is 6.92 Å². The predicted molar refractivity (Wildman–Crippen MR) is 64.9 cm³/mol. The normalized spacial score (nSPS) is 10.5. The molecule has 0 bridgehead atoms. The highest BCUT2D eigenvalue weighted by Gasteiger charge is 2.09. The fourth-order valence-corrected chi connectivity index (χ4v) is 1.47. The van der Waals surface area contributed by atoms with Crippen molar-refractivity contribution in [3.05, 3.63) is 18.5 Å². The van der Waals surface area contributed by atoms with Crippen molar-refractivity contribution in [2.75, 3.05) is 24.2 Å². The van der Waals surface area contributed by atoms with Gasteiger partial charge in [-0.25, -0.2) is 4.68 Å². The van der Waals surface area contributed by atoms with E-state index >= 15 is 0 Å². The lowest BCUT2D eigenvalue weighted by Gasteiger charge is -2.16. The van der Waals surface area contributed by atoms with Crippen molar-refractivity contribution in [3.8, 4) is 5.95 Å². The van der Waals surface area contributed by atoms with E-state index in [9.17, 15) is 0 Å². The number of aromatic nitrogens is 5. The maximum absolute atomic E-state index is 5.67. The Balaban J connectivity index is 2.36. The van der Waals surface area contributed by atoms with Gasteiger partial charge >= 0.3 is 0 Å². The summed E-state index contributed by atoms with van der Waals surface area (Å²) in [5, 5.41) is 4.06. The molecule has 2 N–H and O–H groups in total. The zero-order valence-electron chi connectivity index (χ0n) is 9.91. The second kappa shape index (κ2) is 4.77. The molecule has 0 amide bonds. The van der Waals surface area contributed by atoms with Crippen LogP contribution in [0.2, 0.25) is 0 Å². The van der Waals surface area contributed by atoms with E-state index in [1.54, 1.807) is 23.1 Å². The van der Waals surface area contributed by atoms with E-state index in [-0.39, 0.29) is 5.95 Å². The van der Waals surface area contributed by atoms with Crippen LogP contribution in [0.4, 0.5) is 11.9 Å². The molecule has 0 aliphatic carbocycles. The SMILES string of the molecule is CCCN(C)c1nc(N)nc(-n2cccn2)n1. The van der Waals surface area contributed by atoms with Gasteiger partial charge in [0.25, 0.3) is 5.95 Å². The summed E-state index contributed by atoms with van der Waals surface area (Å²) in [7, 11) is 1.92. The van der Waals surface area contributed by atoms with Crippen LogP contribution in [0.3, 0.4) is 0 Å². The second-order valence-electron chi connectivity index (χ2n) is 3.67. The van der Waals surface area contributed by atoms with Crippen LogP contribution in [-0.2, 0) is 0 Å². The van der Waals surface area contributed by atoms with E-state index in [1.807, 2.05) is 11.9 Å². The molecular weight excluding hydrogens is 218 g/mol. The van der Waals surface area contributed by atoms with Crippen LogP contribution in [0, 0.1) is 0 Å². The van der Waals surface area contributed by atoms with Gasteiger partial charge in [-0.2, -0.15) is 20.1 Å². The third-order valence-corrected chi connectivity index (χ3v) is 2.24. The zero-order chi connectivity index (χ0) is 12.3. The minimum Gasteiger partial charge on any atom is -0.368 e. The van der Waals surface area contributed by atoms with E-state index in [4.69, 9.17) is 5.73 Å². The molecule has 0 aliphatic rings. The molecule has 0 saturated heterocycles. The molecule has 2 aromatic heterocycles. The summed E-state index contributed by atoms with van der Waals surface area (Å²) in [6, 6.07) is 1.80. The molecule has 90 valence electrons. The smallest absolute Gasteiger partial charge is 0.257 e. The first kappa shape index (κ1) is 11.3. The van der Waals surface area contributed by atoms with Crippen molar-refractivity contribution in [1.82, 2.24) is 24.7 Å². The number of hydrogen-bond acceptors (Lipinski definition) is 6. The Bertz CT molecular complexity index is 479. The number of rotatable bonds is 4. The molecule has 2 heterocycles. The highest BCUT2D eigenvalue weighted by Crippen LogP contribution is 2.09. The first-order valence-corrected chi connectivity index (χ1v) is 5.43. The van der Waals surface area contributed by atoms with E-state index < -0.39 is 0 Å². The summed E-state index contributed by atoms with van der Waals surface area (Å²) < 4.78 is 1.56. The zero-order valence-corrected chi connectivity index (χ0v) is 9.91. The Kier molecular flexibility index (Phi) is 3.17. The van der Waals surface area contributed by atoms with Crippen molar-refractivity contribution in [3.63, 3.8) is 0 Å². The summed E-state index contributed by atoms with van der Waals surface area (Å²) in [6.45, 7) is 2.96. The van der Waals surface area contributed by atoms with Crippen LogP contribution >= 0.6 is 0 Å². The van der Waals surface area contributed by atoms with E-state index in [0.717, 1.165) is 13.0 Å². The van der Waals surface area contributed by atoms with Crippen LogP contribution < -0.4 is 10.6 Å². The maximum Gasteiger partial charge on any atom is 0.257 e. The van der Waals surface area contributed by atoms with Crippen molar-refractivity contribution in [1.29, 1.82) is 0 Å². The minimum absolute atomic E-state index is 0.198. The summed E-state index contributed by atoms with van der Waals surface area (Å²) in [6.07, 6.45) is 4.44. The molecular formula is C10H15N7. The predicted octanol–water partition coefficient (Wildman–Crippen LogP) is 0.486. The molecule has 2 rings (SSSR count). The third kappa shape index (κ3) is 2.49. The Labute approximate surface area is 99.3 Å². The quantitative estimate of drug-likeness (QED) is 0.827. The monoisotopic (exact) mass is 233 g/mol. The van der Waals surface area contributed by atoms with Gasteiger partial charge in [-0.3, -0.25) is 0 Å². The molecule has 7 nitrogen and oxygen atoms in total. The Morgan fingerprint density at radius 1 is 1.35 bits per heavy atom. The Morgan fingerprint density at radius 3 is 2.82 bits per heavy atom. The molecule has 0 radical (unpaired) electrons. The fraction of sp³-hybridized carbons (Fsp3) is 0.400. The molecule has 0 spiro atoms. The van der Waals surface area contributed by atoms with Gasteiger partial charge in [-0.15, -0.1) is 0 Å². The molecule has 0 fully saturated rings. The van der Waals surface area contributed by atoms with Crippen LogP contribution in [0.5, 0.6) is 0 Å². The number of hydrogen-bond donors (Lipinski definition) is 1. The molecule has 0 aliphatic heterocycles. The lowest BCUT2D eigenvalue weighted by atomic mass is 10.4. The standard InChI is InChI=1S/C10H15N7/c1-3-6-16(2)9-13-8(11)14-10(15-9)17-7-4-5-12-17/h4-5,7H,3,6H2,1-2H3,(H2,11,13,14,15). The highest BCUT2D eigenvalue weighted by atomic mass is 15.4. The third-order valence-electron chi connectivity index (χ3n) is 2.24. The summed E-state index contributed by atoms with van der Waals surface area (Å²) in [5.41, 5.74) is 5.67. The topological polar surface area (TPSA) is 85.8 Å². The fourth-order valence-electron chi connectivity index (χ4n) is 1.47. The van der Waals surface area contributed by atoms with Gasteiger partial charge in [0.15, 0.2) is 0 Å². The molecule has 0 saturated carbocycles. The molecule has 7 heteroatoms. The number of nitrogens with two attached hydrogens (primary N) is 1. The number of anilines is 2. The van der Waals surface area contributed by atoms with E-state index in [0.29, 0.717) is 11.9 Å². The van der Waals surface area contributed by atoms with Crippen molar-refractivity contribution < 1.29 is 0 Å². The van der Waals surface area contributed by atoms with E-state index in [1.165, 1.54) is 0 Å². The average Bonchev–Trinajstić information content (AvgIpc) is 2.82. The van der Waals surface area contributed by atoms with Gasteiger partial charge in [-0.05, 0) is 12.5 Å². The van der Waals surface area contributed by atoms with Gasteiger partial charge in [0, 0.05) is 26.0 Å². The summed E-state index contributed by atoms with van der Waals surface area (Å²) in [4.78, 5) is 14.4. The first-order chi connectivity index (χ1) is 8.20. The van der Waals surface area contributed by atoms with Gasteiger partial charge < -0.3 is 10.6 Å². The van der Waals surface area contributed by atoms with Crippen molar-refractivity contribution in [2.24, 2.45) is 0 Å². The molecule has 17 heavy (non-hydrogen) atoms.